The number of benzene rings is 2. The van der Waals surface area contributed by atoms with Gasteiger partial charge in [0.25, 0.3) is 0 Å². The standard InChI is InChI=1S/C14H10N2O3/c17-13-15-11-8-4-5-9-12(11)16(13)14(18)19-10-6-2-1-3-7-10/h1-9H,(H,15,17). The van der Waals surface area contributed by atoms with E-state index < -0.39 is 11.8 Å². The number of carbonyl (C=O) groups excluding carboxylic acids is 1. The first-order valence-electron chi connectivity index (χ1n) is 5.73. The largest absolute Gasteiger partial charge is 0.428 e. The maximum Gasteiger partial charge on any atom is 0.428 e. The van der Waals surface area contributed by atoms with Gasteiger partial charge in [0.05, 0.1) is 11.0 Å². The quantitative estimate of drug-likeness (QED) is 0.725. The van der Waals surface area contributed by atoms with Crippen LogP contribution in [0.15, 0.2) is 59.4 Å². The van der Waals surface area contributed by atoms with E-state index in [0.717, 1.165) is 4.57 Å². The van der Waals surface area contributed by atoms with Gasteiger partial charge in [0, 0.05) is 0 Å². The molecule has 3 aromatic rings. The van der Waals surface area contributed by atoms with Crippen molar-refractivity contribution >= 4 is 17.1 Å². The van der Waals surface area contributed by atoms with Crippen molar-refractivity contribution in [1.29, 1.82) is 0 Å². The molecule has 0 amide bonds. The average molecular weight is 254 g/mol. The Labute approximate surface area is 108 Å². The molecular weight excluding hydrogens is 244 g/mol. The Kier molecular flexibility index (Phi) is 2.64. The minimum absolute atomic E-state index is 0.393. The number of aromatic amines is 1. The molecule has 0 spiro atoms. The Bertz CT molecular complexity index is 787. The summed E-state index contributed by atoms with van der Waals surface area (Å²) in [6.45, 7) is 0. The molecule has 0 saturated heterocycles. The summed E-state index contributed by atoms with van der Waals surface area (Å²) < 4.78 is 6.13. The van der Waals surface area contributed by atoms with E-state index in [1.54, 1.807) is 48.5 Å². The Balaban J connectivity index is 2.03. The van der Waals surface area contributed by atoms with E-state index >= 15 is 0 Å². The molecule has 0 radical (unpaired) electrons. The predicted molar refractivity (Wildman–Crippen MR) is 70.4 cm³/mol. The molecule has 19 heavy (non-hydrogen) atoms. The summed E-state index contributed by atoms with van der Waals surface area (Å²) >= 11 is 0. The minimum atomic E-state index is -0.728. The second-order valence-corrected chi connectivity index (χ2v) is 3.96. The highest BCUT2D eigenvalue weighted by Crippen LogP contribution is 2.12. The molecule has 0 unspecified atom stereocenters. The lowest BCUT2D eigenvalue weighted by Crippen LogP contribution is -2.27. The van der Waals surface area contributed by atoms with Crippen molar-refractivity contribution in [3.8, 4) is 5.75 Å². The van der Waals surface area contributed by atoms with E-state index in [2.05, 4.69) is 4.98 Å². The lowest BCUT2D eigenvalue weighted by Gasteiger charge is -2.04. The Morgan fingerprint density at radius 2 is 1.68 bits per heavy atom. The average Bonchev–Trinajstić information content (AvgIpc) is 2.75. The highest BCUT2D eigenvalue weighted by Gasteiger charge is 2.15. The molecule has 1 aromatic heterocycles. The summed E-state index contributed by atoms with van der Waals surface area (Å²) in [4.78, 5) is 26.4. The lowest BCUT2D eigenvalue weighted by molar-refractivity contribution is 0.202. The molecule has 0 saturated carbocycles. The smallest absolute Gasteiger partial charge is 0.410 e. The number of carbonyl (C=O) groups is 1. The van der Waals surface area contributed by atoms with Crippen LogP contribution in [-0.4, -0.2) is 15.6 Å². The zero-order valence-corrected chi connectivity index (χ0v) is 9.87. The summed E-state index contributed by atoms with van der Waals surface area (Å²) in [6, 6.07) is 15.6. The van der Waals surface area contributed by atoms with Crippen molar-refractivity contribution in [2.75, 3.05) is 0 Å². The number of nitrogens with one attached hydrogen (secondary N) is 1. The van der Waals surface area contributed by atoms with Gasteiger partial charge in [-0.3, -0.25) is 0 Å². The van der Waals surface area contributed by atoms with Crippen LogP contribution >= 0.6 is 0 Å². The van der Waals surface area contributed by atoms with Crippen LogP contribution < -0.4 is 10.4 Å². The maximum absolute atomic E-state index is 12.0. The second-order valence-electron chi connectivity index (χ2n) is 3.96. The van der Waals surface area contributed by atoms with Gasteiger partial charge in [-0.05, 0) is 24.3 Å². The number of H-pyrrole nitrogens is 1. The molecule has 5 nitrogen and oxygen atoms in total. The number of ether oxygens (including phenoxy) is 1. The van der Waals surface area contributed by atoms with Crippen LogP contribution in [0.4, 0.5) is 4.79 Å². The summed E-state index contributed by atoms with van der Waals surface area (Å²) in [6.07, 6.45) is -0.728. The number of aromatic nitrogens is 2. The molecule has 2 aromatic carbocycles. The van der Waals surface area contributed by atoms with Crippen molar-refractivity contribution in [2.45, 2.75) is 0 Å². The van der Waals surface area contributed by atoms with Crippen LogP contribution in [0.25, 0.3) is 11.0 Å². The molecule has 1 heterocycles. The lowest BCUT2D eigenvalue weighted by atomic mass is 10.3. The summed E-state index contributed by atoms with van der Waals surface area (Å²) in [5, 5.41) is 0. The van der Waals surface area contributed by atoms with Gasteiger partial charge in [0.1, 0.15) is 5.75 Å². The fourth-order valence-electron chi connectivity index (χ4n) is 1.87. The Hall–Kier alpha value is -2.82. The van der Waals surface area contributed by atoms with E-state index in [0.29, 0.717) is 16.8 Å². The number of para-hydroxylation sites is 3. The minimum Gasteiger partial charge on any atom is -0.410 e. The van der Waals surface area contributed by atoms with Crippen LogP contribution in [0.3, 0.4) is 0 Å². The highest BCUT2D eigenvalue weighted by atomic mass is 16.6. The van der Waals surface area contributed by atoms with Crippen LogP contribution in [0.2, 0.25) is 0 Å². The molecule has 94 valence electrons. The summed E-state index contributed by atoms with van der Waals surface area (Å²) in [7, 11) is 0. The van der Waals surface area contributed by atoms with Gasteiger partial charge >= 0.3 is 11.8 Å². The van der Waals surface area contributed by atoms with Crippen LogP contribution in [0.1, 0.15) is 0 Å². The topological polar surface area (TPSA) is 64.1 Å². The van der Waals surface area contributed by atoms with E-state index in [4.69, 9.17) is 4.74 Å². The van der Waals surface area contributed by atoms with E-state index in [1.165, 1.54) is 0 Å². The first kappa shape index (κ1) is 11.3. The zero-order valence-electron chi connectivity index (χ0n) is 9.87. The van der Waals surface area contributed by atoms with Gasteiger partial charge < -0.3 is 9.72 Å². The zero-order chi connectivity index (χ0) is 13.2. The molecule has 0 aliphatic carbocycles. The van der Waals surface area contributed by atoms with Crippen molar-refractivity contribution in [3.05, 3.63) is 65.1 Å². The molecule has 0 bridgehead atoms. The molecular formula is C14H10N2O3. The number of fused-ring (bicyclic) bond motifs is 1. The van der Waals surface area contributed by atoms with Gasteiger partial charge in [-0.2, -0.15) is 4.57 Å². The third-order valence-electron chi connectivity index (χ3n) is 2.72. The summed E-state index contributed by atoms with van der Waals surface area (Å²) in [5.74, 6) is 0.393. The van der Waals surface area contributed by atoms with Gasteiger partial charge in [0.15, 0.2) is 0 Å². The highest BCUT2D eigenvalue weighted by molar-refractivity contribution is 5.87. The molecule has 5 heteroatoms. The first-order chi connectivity index (χ1) is 9.25. The van der Waals surface area contributed by atoms with Gasteiger partial charge in [-0.1, -0.05) is 30.3 Å². The number of imidazole rings is 1. The number of rotatable bonds is 1. The SMILES string of the molecule is O=C(Oc1ccccc1)n1c(=O)[nH]c2ccccc21. The third kappa shape index (κ3) is 2.01. The maximum atomic E-state index is 12.0. The van der Waals surface area contributed by atoms with E-state index in [9.17, 15) is 9.59 Å². The molecule has 3 rings (SSSR count). The van der Waals surface area contributed by atoms with Gasteiger partial charge in [0.2, 0.25) is 0 Å². The Morgan fingerprint density at radius 1 is 1.00 bits per heavy atom. The molecule has 0 aliphatic rings. The monoisotopic (exact) mass is 254 g/mol. The second kappa shape index (κ2) is 4.45. The number of hydrogen-bond acceptors (Lipinski definition) is 3. The van der Waals surface area contributed by atoms with Gasteiger partial charge in [-0.15, -0.1) is 0 Å². The van der Waals surface area contributed by atoms with Crippen LogP contribution in [0.5, 0.6) is 5.75 Å². The molecule has 1 N–H and O–H groups in total. The molecule has 0 atom stereocenters. The first-order valence-corrected chi connectivity index (χ1v) is 5.73. The summed E-state index contributed by atoms with van der Waals surface area (Å²) in [5.41, 5.74) is 0.577. The van der Waals surface area contributed by atoms with E-state index in [1.807, 2.05) is 6.07 Å². The fraction of sp³-hybridized carbons (Fsp3) is 0. The van der Waals surface area contributed by atoms with Crippen molar-refractivity contribution < 1.29 is 9.53 Å². The van der Waals surface area contributed by atoms with Crippen LogP contribution in [-0.2, 0) is 0 Å². The number of nitrogens with zero attached hydrogens (tertiary/aromatic N) is 1. The van der Waals surface area contributed by atoms with Crippen LogP contribution in [0, 0.1) is 0 Å². The Morgan fingerprint density at radius 3 is 2.47 bits per heavy atom. The molecule has 0 fully saturated rings. The van der Waals surface area contributed by atoms with Crippen molar-refractivity contribution in [3.63, 3.8) is 0 Å². The van der Waals surface area contributed by atoms with Gasteiger partial charge in [-0.25, -0.2) is 9.59 Å². The van der Waals surface area contributed by atoms with E-state index in [-0.39, 0.29) is 0 Å². The molecule has 0 aliphatic heterocycles. The van der Waals surface area contributed by atoms with Crippen molar-refractivity contribution in [1.82, 2.24) is 9.55 Å². The fourth-order valence-corrected chi connectivity index (χ4v) is 1.87. The van der Waals surface area contributed by atoms with Crippen molar-refractivity contribution in [2.24, 2.45) is 0 Å². The third-order valence-corrected chi connectivity index (χ3v) is 2.72. The number of hydrogen-bond donors (Lipinski definition) is 1. The predicted octanol–water partition coefficient (Wildman–Crippen LogP) is 2.38. The normalized spacial score (nSPS) is 10.5.